The molecule has 1 amide bonds. The topological polar surface area (TPSA) is 123 Å². The number of hydrogen-bond donors (Lipinski definition) is 2. The Morgan fingerprint density at radius 1 is 1.24 bits per heavy atom. The Bertz CT molecular complexity index is 1500. The lowest BCUT2D eigenvalue weighted by Gasteiger charge is -2.40. The lowest BCUT2D eigenvalue weighted by atomic mass is 10.1. The van der Waals surface area contributed by atoms with E-state index in [4.69, 9.17) is 10.4 Å². The van der Waals surface area contributed by atoms with Crippen molar-refractivity contribution in [2.45, 2.75) is 19.2 Å². The number of rotatable bonds is 7. The van der Waals surface area contributed by atoms with Crippen molar-refractivity contribution in [3.8, 4) is 17.3 Å². The van der Waals surface area contributed by atoms with Crippen molar-refractivity contribution in [3.05, 3.63) is 77.2 Å². The van der Waals surface area contributed by atoms with Gasteiger partial charge in [-0.05, 0) is 30.8 Å². The minimum atomic E-state index is -0.554. The highest BCUT2D eigenvalue weighted by Gasteiger charge is 2.29. The fraction of sp³-hybridized carbons (Fsp3) is 0.296. The number of aliphatic hydroxyl groups is 1. The largest absolute Gasteiger partial charge is 0.392 e. The van der Waals surface area contributed by atoms with Gasteiger partial charge in [-0.3, -0.25) is 9.78 Å². The number of anilines is 1. The first kappa shape index (κ1) is 25.3. The second-order valence-electron chi connectivity index (χ2n) is 9.25. The van der Waals surface area contributed by atoms with Crippen LogP contribution >= 0.6 is 0 Å². The predicted molar refractivity (Wildman–Crippen MR) is 139 cm³/mol. The summed E-state index contributed by atoms with van der Waals surface area (Å²) in [6.07, 6.45) is 3.20. The SMILES string of the molecule is CN1CCN(c2cc(C(=O)NCc3ccc(C#N)cc3)nc3cc(-c4ccncc4CO)nn23)[C@H](CF)C1. The molecule has 5 rings (SSSR count). The Morgan fingerprint density at radius 2 is 2.05 bits per heavy atom. The number of carbonyl (C=O) groups excluding carboxylic acids is 1. The number of likely N-dealkylation sites (N-methyl/N-ethyl adjacent to an activating group) is 1. The number of carbonyl (C=O) groups is 1. The molecular formula is C27H27FN8O2. The molecule has 4 aromatic rings. The van der Waals surface area contributed by atoms with Crippen LogP contribution in [0.4, 0.5) is 10.2 Å². The Balaban J connectivity index is 1.54. The molecule has 10 nitrogen and oxygen atoms in total. The zero-order chi connectivity index (χ0) is 26.6. The number of pyridine rings is 1. The highest BCUT2D eigenvalue weighted by molar-refractivity contribution is 5.93. The fourth-order valence-electron chi connectivity index (χ4n) is 4.63. The number of benzene rings is 1. The van der Waals surface area contributed by atoms with E-state index in [-0.39, 0.29) is 24.8 Å². The average Bonchev–Trinajstić information content (AvgIpc) is 3.40. The van der Waals surface area contributed by atoms with E-state index >= 15 is 0 Å². The van der Waals surface area contributed by atoms with Crippen LogP contribution in [0.2, 0.25) is 0 Å². The van der Waals surface area contributed by atoms with Crippen molar-refractivity contribution < 1.29 is 14.3 Å². The number of aromatic nitrogens is 4. The Hall–Kier alpha value is -4.40. The number of nitrogens with one attached hydrogen (secondary N) is 1. The first-order valence-electron chi connectivity index (χ1n) is 12.2. The minimum absolute atomic E-state index is 0.182. The first-order chi connectivity index (χ1) is 18.5. The maximum Gasteiger partial charge on any atom is 0.270 e. The monoisotopic (exact) mass is 514 g/mol. The Labute approximate surface area is 219 Å². The maximum atomic E-state index is 14.1. The highest BCUT2D eigenvalue weighted by Crippen LogP contribution is 2.28. The van der Waals surface area contributed by atoms with Gasteiger partial charge in [-0.15, -0.1) is 0 Å². The number of aliphatic hydroxyl groups excluding tert-OH is 1. The standard InChI is InChI=1S/C27H27FN8O2/c1-34-8-9-35(21(12-28)16-34)26-11-24(27(38)31-14-19-4-2-18(13-29)3-5-19)32-25-10-23(33-36(25)26)22-6-7-30-15-20(22)17-37/h2-7,10-11,15,21,37H,8-9,12,14,16-17H2,1H3,(H,31,38)/t21-/m1/s1. The summed E-state index contributed by atoms with van der Waals surface area (Å²) in [5.41, 5.74) is 3.87. The third kappa shape index (κ3) is 5.04. The van der Waals surface area contributed by atoms with E-state index in [1.54, 1.807) is 59.4 Å². The molecule has 0 unspecified atom stereocenters. The lowest BCUT2D eigenvalue weighted by Crippen LogP contribution is -2.53. The molecule has 1 fully saturated rings. The summed E-state index contributed by atoms with van der Waals surface area (Å²) in [5, 5.41) is 26.4. The van der Waals surface area contributed by atoms with Crippen molar-refractivity contribution in [2.75, 3.05) is 38.3 Å². The van der Waals surface area contributed by atoms with E-state index in [0.29, 0.717) is 46.9 Å². The van der Waals surface area contributed by atoms with E-state index in [9.17, 15) is 14.3 Å². The zero-order valence-electron chi connectivity index (χ0n) is 20.9. The summed E-state index contributed by atoms with van der Waals surface area (Å²) < 4.78 is 15.8. The van der Waals surface area contributed by atoms with Gasteiger partial charge in [0, 0.05) is 61.8 Å². The second kappa shape index (κ2) is 10.9. The number of nitriles is 1. The van der Waals surface area contributed by atoms with Crippen LogP contribution < -0.4 is 10.2 Å². The smallest absolute Gasteiger partial charge is 0.270 e. The van der Waals surface area contributed by atoms with Gasteiger partial charge in [-0.1, -0.05) is 12.1 Å². The van der Waals surface area contributed by atoms with Crippen LogP contribution in [0.1, 0.15) is 27.2 Å². The summed E-state index contributed by atoms with van der Waals surface area (Å²) in [7, 11) is 1.95. The number of nitrogens with zero attached hydrogens (tertiary/aromatic N) is 7. The van der Waals surface area contributed by atoms with Gasteiger partial charge in [0.05, 0.1) is 30.0 Å². The summed E-state index contributed by atoms with van der Waals surface area (Å²) in [6.45, 7) is 1.32. The third-order valence-corrected chi connectivity index (χ3v) is 6.69. The van der Waals surface area contributed by atoms with Crippen molar-refractivity contribution in [1.82, 2.24) is 29.8 Å². The van der Waals surface area contributed by atoms with Crippen molar-refractivity contribution >= 4 is 17.4 Å². The van der Waals surface area contributed by atoms with Gasteiger partial charge in [-0.2, -0.15) is 14.9 Å². The molecule has 11 heteroatoms. The normalized spacial score (nSPS) is 15.9. The van der Waals surface area contributed by atoms with E-state index in [1.165, 1.54) is 0 Å². The molecule has 0 spiro atoms. The molecule has 1 saturated heterocycles. The number of halogens is 1. The summed E-state index contributed by atoms with van der Waals surface area (Å²) in [6, 6.07) is 13.8. The van der Waals surface area contributed by atoms with Crippen LogP contribution in [0.15, 0.2) is 54.9 Å². The number of hydrogen-bond acceptors (Lipinski definition) is 8. The number of piperazine rings is 1. The van der Waals surface area contributed by atoms with E-state index in [2.05, 4.69) is 26.3 Å². The molecule has 0 aliphatic carbocycles. The van der Waals surface area contributed by atoms with Gasteiger partial charge in [0.1, 0.15) is 18.2 Å². The summed E-state index contributed by atoms with van der Waals surface area (Å²) in [4.78, 5) is 25.9. The van der Waals surface area contributed by atoms with E-state index in [0.717, 1.165) is 12.1 Å². The van der Waals surface area contributed by atoms with Crippen LogP contribution in [0, 0.1) is 11.3 Å². The zero-order valence-corrected chi connectivity index (χ0v) is 20.9. The van der Waals surface area contributed by atoms with E-state index in [1.807, 2.05) is 11.9 Å². The van der Waals surface area contributed by atoms with Crippen molar-refractivity contribution in [3.63, 3.8) is 0 Å². The number of fused-ring (bicyclic) bond motifs is 1. The van der Waals surface area contributed by atoms with Gasteiger partial charge in [0.15, 0.2) is 5.65 Å². The van der Waals surface area contributed by atoms with E-state index < -0.39 is 12.7 Å². The molecule has 194 valence electrons. The molecule has 0 bridgehead atoms. The molecule has 0 radical (unpaired) electrons. The minimum Gasteiger partial charge on any atom is -0.392 e. The molecule has 4 heterocycles. The molecule has 38 heavy (non-hydrogen) atoms. The van der Waals surface area contributed by atoms with Crippen LogP contribution in [-0.2, 0) is 13.2 Å². The molecule has 0 saturated carbocycles. The first-order valence-corrected chi connectivity index (χ1v) is 12.2. The number of alkyl halides is 1. The summed E-state index contributed by atoms with van der Waals surface area (Å²) >= 11 is 0. The maximum absolute atomic E-state index is 14.1. The predicted octanol–water partition coefficient (Wildman–Crippen LogP) is 2.18. The van der Waals surface area contributed by atoms with Gasteiger partial charge in [0.2, 0.25) is 0 Å². The molecule has 1 aliphatic rings. The van der Waals surface area contributed by atoms with Gasteiger partial charge in [0.25, 0.3) is 5.91 Å². The number of amides is 1. The molecular weight excluding hydrogens is 487 g/mol. The molecule has 3 aromatic heterocycles. The molecule has 1 aliphatic heterocycles. The lowest BCUT2D eigenvalue weighted by molar-refractivity contribution is 0.0946. The van der Waals surface area contributed by atoms with Crippen LogP contribution in [0.3, 0.4) is 0 Å². The highest BCUT2D eigenvalue weighted by atomic mass is 19.1. The molecule has 1 atom stereocenters. The molecule has 2 N–H and O–H groups in total. The van der Waals surface area contributed by atoms with Crippen molar-refractivity contribution in [1.29, 1.82) is 5.26 Å². The van der Waals surface area contributed by atoms with Crippen LogP contribution in [-0.4, -0.2) is 74.9 Å². The Kier molecular flexibility index (Phi) is 7.26. The van der Waals surface area contributed by atoms with Crippen LogP contribution in [0.25, 0.3) is 16.9 Å². The Morgan fingerprint density at radius 3 is 2.79 bits per heavy atom. The second-order valence-corrected chi connectivity index (χ2v) is 9.25. The van der Waals surface area contributed by atoms with Gasteiger partial charge in [-0.25, -0.2) is 9.37 Å². The quantitative estimate of drug-likeness (QED) is 0.385. The van der Waals surface area contributed by atoms with Crippen LogP contribution in [0.5, 0.6) is 0 Å². The van der Waals surface area contributed by atoms with Crippen molar-refractivity contribution in [2.24, 2.45) is 0 Å². The summed E-state index contributed by atoms with van der Waals surface area (Å²) in [5.74, 6) is 0.187. The average molecular weight is 515 g/mol. The third-order valence-electron chi connectivity index (χ3n) is 6.69. The molecule has 1 aromatic carbocycles. The van der Waals surface area contributed by atoms with Gasteiger partial charge < -0.3 is 20.2 Å². The fourth-order valence-corrected chi connectivity index (χ4v) is 4.63. The van der Waals surface area contributed by atoms with Gasteiger partial charge >= 0.3 is 0 Å².